The second-order valence-electron chi connectivity index (χ2n) is 5.25. The van der Waals surface area contributed by atoms with E-state index in [1.807, 2.05) is 6.07 Å². The van der Waals surface area contributed by atoms with Gasteiger partial charge in [-0.25, -0.2) is 9.79 Å². The number of isocyanates is 1. The van der Waals surface area contributed by atoms with Crippen molar-refractivity contribution >= 4 is 6.08 Å². The van der Waals surface area contributed by atoms with E-state index in [0.29, 0.717) is 5.41 Å². The van der Waals surface area contributed by atoms with Gasteiger partial charge in [0.15, 0.2) is 0 Å². The van der Waals surface area contributed by atoms with Crippen LogP contribution in [0.15, 0.2) is 35.3 Å². The van der Waals surface area contributed by atoms with Crippen LogP contribution >= 0.6 is 0 Å². The number of carbonyl (C=O) groups excluding carboxylic acids is 1. The van der Waals surface area contributed by atoms with Crippen LogP contribution in [0.5, 0.6) is 0 Å². The molecule has 0 radical (unpaired) electrons. The molecule has 1 spiro atoms. The molecule has 1 aromatic rings. The molecule has 2 aliphatic rings. The Bertz CT molecular complexity index is 453. The lowest BCUT2D eigenvalue weighted by molar-refractivity contribution is 0.310. The van der Waals surface area contributed by atoms with Crippen molar-refractivity contribution in [1.82, 2.24) is 4.90 Å². The highest BCUT2D eigenvalue weighted by atomic mass is 16.1. The molecule has 2 fully saturated rings. The van der Waals surface area contributed by atoms with Gasteiger partial charge in [-0.1, -0.05) is 30.3 Å². The number of rotatable bonds is 3. The van der Waals surface area contributed by atoms with Gasteiger partial charge in [0, 0.05) is 18.5 Å². The molecule has 1 aromatic carbocycles. The molecular formula is C14H16N2O. The van der Waals surface area contributed by atoms with Gasteiger partial charge in [0.25, 0.3) is 0 Å². The number of likely N-dealkylation sites (tertiary alicyclic amines) is 1. The highest BCUT2D eigenvalue weighted by Crippen LogP contribution is 2.54. The van der Waals surface area contributed by atoms with E-state index >= 15 is 0 Å². The number of hydrogen-bond acceptors (Lipinski definition) is 3. The minimum atomic E-state index is 0.251. The Hall–Kier alpha value is -1.44. The van der Waals surface area contributed by atoms with Crippen molar-refractivity contribution in [1.29, 1.82) is 0 Å². The first-order valence-electron chi connectivity index (χ1n) is 6.16. The van der Waals surface area contributed by atoms with E-state index in [4.69, 9.17) is 0 Å². The first-order chi connectivity index (χ1) is 8.32. The standard InChI is InChI=1S/C14H16N2O/c17-11-15-13-8-14(13)6-7-16(10-14)9-12-4-2-1-3-5-12/h1-5,13H,6-10H2. The number of hydrogen-bond donors (Lipinski definition) is 0. The third-order valence-electron chi connectivity index (χ3n) is 4.07. The summed E-state index contributed by atoms with van der Waals surface area (Å²) in [5, 5.41) is 0. The Morgan fingerprint density at radius 1 is 1.41 bits per heavy atom. The topological polar surface area (TPSA) is 32.7 Å². The summed E-state index contributed by atoms with van der Waals surface area (Å²) in [4.78, 5) is 16.6. The maximum Gasteiger partial charge on any atom is 0.235 e. The molecule has 0 bridgehead atoms. The molecule has 0 aromatic heterocycles. The summed E-state index contributed by atoms with van der Waals surface area (Å²) in [5.74, 6) is 0. The fourth-order valence-corrected chi connectivity index (χ4v) is 2.97. The maximum atomic E-state index is 10.3. The first-order valence-corrected chi connectivity index (χ1v) is 6.16. The van der Waals surface area contributed by atoms with Crippen molar-refractivity contribution in [2.45, 2.75) is 25.4 Å². The van der Waals surface area contributed by atoms with Gasteiger partial charge in [-0.15, -0.1) is 0 Å². The third-order valence-corrected chi connectivity index (χ3v) is 4.07. The molecule has 2 atom stereocenters. The van der Waals surface area contributed by atoms with Crippen LogP contribution in [0.25, 0.3) is 0 Å². The van der Waals surface area contributed by atoms with Crippen molar-refractivity contribution in [3.8, 4) is 0 Å². The van der Waals surface area contributed by atoms with E-state index in [0.717, 1.165) is 26.1 Å². The lowest BCUT2D eigenvalue weighted by atomic mass is 10.1. The minimum absolute atomic E-state index is 0.251. The Kier molecular flexibility index (Phi) is 2.58. The Balaban J connectivity index is 1.61. The van der Waals surface area contributed by atoms with E-state index in [-0.39, 0.29) is 6.04 Å². The van der Waals surface area contributed by atoms with Crippen LogP contribution in [0.1, 0.15) is 18.4 Å². The molecular weight excluding hydrogens is 212 g/mol. The molecule has 1 saturated heterocycles. The van der Waals surface area contributed by atoms with Crippen LogP contribution in [0, 0.1) is 5.41 Å². The molecule has 0 amide bonds. The zero-order valence-corrected chi connectivity index (χ0v) is 9.80. The smallest absolute Gasteiger partial charge is 0.235 e. The highest BCUT2D eigenvalue weighted by Gasteiger charge is 2.57. The van der Waals surface area contributed by atoms with Gasteiger partial charge in [-0.3, -0.25) is 4.90 Å². The molecule has 3 rings (SSSR count). The second kappa shape index (κ2) is 4.10. The predicted molar refractivity (Wildman–Crippen MR) is 65.3 cm³/mol. The third kappa shape index (κ3) is 2.04. The fourth-order valence-electron chi connectivity index (χ4n) is 2.97. The Morgan fingerprint density at radius 2 is 2.24 bits per heavy atom. The SMILES string of the molecule is O=C=NC1CC12CCN(Cc1ccccc1)C2. The van der Waals surface area contributed by atoms with E-state index < -0.39 is 0 Å². The summed E-state index contributed by atoms with van der Waals surface area (Å²) in [6.45, 7) is 3.22. The molecule has 17 heavy (non-hydrogen) atoms. The molecule has 88 valence electrons. The molecule has 1 aliphatic heterocycles. The molecule has 2 unspecified atom stereocenters. The molecule has 1 aliphatic carbocycles. The summed E-state index contributed by atoms with van der Waals surface area (Å²) >= 11 is 0. The molecule has 3 nitrogen and oxygen atoms in total. The van der Waals surface area contributed by atoms with Crippen molar-refractivity contribution in [3.05, 3.63) is 35.9 Å². The summed E-state index contributed by atoms with van der Waals surface area (Å²) in [5.41, 5.74) is 1.67. The van der Waals surface area contributed by atoms with Crippen molar-refractivity contribution in [3.63, 3.8) is 0 Å². The van der Waals surface area contributed by atoms with Crippen LogP contribution in [0.2, 0.25) is 0 Å². The van der Waals surface area contributed by atoms with Crippen molar-refractivity contribution < 1.29 is 4.79 Å². The van der Waals surface area contributed by atoms with Gasteiger partial charge in [0.05, 0.1) is 6.04 Å². The van der Waals surface area contributed by atoms with Crippen LogP contribution in [0.4, 0.5) is 0 Å². The maximum absolute atomic E-state index is 10.3. The van der Waals surface area contributed by atoms with Crippen LogP contribution in [-0.2, 0) is 11.3 Å². The average molecular weight is 228 g/mol. The lowest BCUT2D eigenvalue weighted by Crippen LogP contribution is -2.21. The van der Waals surface area contributed by atoms with Gasteiger partial charge >= 0.3 is 0 Å². The molecule has 3 heteroatoms. The molecule has 0 N–H and O–H groups in total. The lowest BCUT2D eigenvalue weighted by Gasteiger charge is -2.15. The average Bonchev–Trinajstić information content (AvgIpc) is 2.83. The van der Waals surface area contributed by atoms with Crippen LogP contribution in [-0.4, -0.2) is 30.1 Å². The molecule has 1 saturated carbocycles. The second-order valence-corrected chi connectivity index (χ2v) is 5.25. The predicted octanol–water partition coefficient (Wildman–Crippen LogP) is 1.99. The van der Waals surface area contributed by atoms with Gasteiger partial charge in [0.2, 0.25) is 6.08 Å². The van der Waals surface area contributed by atoms with Gasteiger partial charge < -0.3 is 0 Å². The minimum Gasteiger partial charge on any atom is -0.298 e. The first kappa shape index (κ1) is 10.7. The van der Waals surface area contributed by atoms with Crippen molar-refractivity contribution in [2.75, 3.05) is 13.1 Å². The summed E-state index contributed by atoms with van der Waals surface area (Å²) < 4.78 is 0. The molecule has 1 heterocycles. The summed E-state index contributed by atoms with van der Waals surface area (Å²) in [6.07, 6.45) is 3.96. The van der Waals surface area contributed by atoms with Gasteiger partial charge in [-0.05, 0) is 24.9 Å². The Morgan fingerprint density at radius 3 is 3.00 bits per heavy atom. The number of aliphatic imine (C=N–C) groups is 1. The number of nitrogens with zero attached hydrogens (tertiary/aromatic N) is 2. The fraction of sp³-hybridized carbons (Fsp3) is 0.500. The Labute approximate surface area is 101 Å². The van der Waals surface area contributed by atoms with Gasteiger partial charge in [0.1, 0.15) is 0 Å². The summed E-state index contributed by atoms with van der Waals surface area (Å²) in [6, 6.07) is 10.8. The zero-order valence-electron chi connectivity index (χ0n) is 9.80. The largest absolute Gasteiger partial charge is 0.298 e. The number of benzene rings is 1. The van der Waals surface area contributed by atoms with Crippen molar-refractivity contribution in [2.24, 2.45) is 10.4 Å². The van der Waals surface area contributed by atoms with Gasteiger partial charge in [-0.2, -0.15) is 0 Å². The van der Waals surface area contributed by atoms with E-state index in [1.165, 1.54) is 12.0 Å². The van der Waals surface area contributed by atoms with Crippen LogP contribution < -0.4 is 0 Å². The zero-order chi connectivity index (χ0) is 11.7. The highest BCUT2D eigenvalue weighted by molar-refractivity contribution is 5.36. The van der Waals surface area contributed by atoms with E-state index in [2.05, 4.69) is 34.2 Å². The van der Waals surface area contributed by atoms with Crippen LogP contribution in [0.3, 0.4) is 0 Å². The van der Waals surface area contributed by atoms with E-state index in [1.54, 1.807) is 6.08 Å². The normalized spacial score (nSPS) is 31.4. The quantitative estimate of drug-likeness (QED) is 0.585. The monoisotopic (exact) mass is 228 g/mol. The summed E-state index contributed by atoms with van der Waals surface area (Å²) in [7, 11) is 0. The van der Waals surface area contributed by atoms with E-state index in [9.17, 15) is 4.79 Å².